The summed E-state index contributed by atoms with van der Waals surface area (Å²) in [6, 6.07) is -1.59. The molecule has 1 heterocycles. The fourth-order valence-corrected chi connectivity index (χ4v) is 5.77. The number of carboxylic acids is 1. The quantitative estimate of drug-likeness (QED) is 0.532. The third kappa shape index (κ3) is 4.68. The van der Waals surface area contributed by atoms with Crippen LogP contribution in [0.2, 0.25) is 0 Å². The van der Waals surface area contributed by atoms with E-state index in [0.717, 1.165) is 12.8 Å². The third-order valence-corrected chi connectivity index (χ3v) is 8.01. The largest absolute Gasteiger partial charge is 0.479 e. The van der Waals surface area contributed by atoms with Gasteiger partial charge >= 0.3 is 12.1 Å². The minimum atomic E-state index is -1.23. The van der Waals surface area contributed by atoms with Gasteiger partial charge in [-0.25, -0.2) is 9.59 Å². The summed E-state index contributed by atoms with van der Waals surface area (Å²) >= 11 is 0. The number of amides is 3. The van der Waals surface area contributed by atoms with Gasteiger partial charge in [-0.05, 0) is 61.7 Å². The zero-order chi connectivity index (χ0) is 24.1. The molecule has 3 saturated carbocycles. The van der Waals surface area contributed by atoms with E-state index < -0.39 is 41.0 Å². The maximum Gasteiger partial charge on any atom is 0.408 e. The van der Waals surface area contributed by atoms with E-state index >= 15 is 0 Å². The van der Waals surface area contributed by atoms with E-state index in [1.54, 1.807) is 0 Å². The van der Waals surface area contributed by atoms with Gasteiger partial charge in [-0.1, -0.05) is 34.1 Å². The van der Waals surface area contributed by atoms with E-state index in [0.29, 0.717) is 44.1 Å². The lowest BCUT2D eigenvalue weighted by molar-refractivity contribution is -0.146. The molecule has 184 valence electrons. The average molecular weight is 464 g/mol. The van der Waals surface area contributed by atoms with Gasteiger partial charge in [0, 0.05) is 6.54 Å². The summed E-state index contributed by atoms with van der Waals surface area (Å²) in [4.78, 5) is 52.5. The molecule has 0 aromatic heterocycles. The van der Waals surface area contributed by atoms with Gasteiger partial charge in [0.2, 0.25) is 11.8 Å². The first kappa shape index (κ1) is 23.8. The van der Waals surface area contributed by atoms with Crippen LogP contribution in [-0.4, -0.2) is 64.2 Å². The lowest BCUT2D eigenvalue weighted by atomic mass is 9.85. The second kappa shape index (κ2) is 8.47. The molecule has 1 saturated heterocycles. The summed E-state index contributed by atoms with van der Waals surface area (Å²) in [6.07, 6.45) is 4.52. The molecule has 0 radical (unpaired) electrons. The van der Waals surface area contributed by atoms with Gasteiger partial charge in [-0.3, -0.25) is 9.59 Å². The molecule has 7 atom stereocenters. The van der Waals surface area contributed by atoms with Crippen LogP contribution in [0.5, 0.6) is 0 Å². The monoisotopic (exact) mass is 463 g/mol. The highest BCUT2D eigenvalue weighted by Gasteiger charge is 2.61. The van der Waals surface area contributed by atoms with Crippen molar-refractivity contribution in [3.63, 3.8) is 0 Å². The number of hydrogen-bond acceptors (Lipinski definition) is 5. The number of likely N-dealkylation sites (tertiary alicyclic amines) is 1. The number of fused-ring (bicyclic) bond motifs is 1. The highest BCUT2D eigenvalue weighted by Crippen LogP contribution is 2.52. The first-order chi connectivity index (χ1) is 15.5. The van der Waals surface area contributed by atoms with Gasteiger partial charge in [0.1, 0.15) is 23.7 Å². The second-order valence-electron chi connectivity index (χ2n) is 11.5. The molecule has 0 aromatic rings. The molecule has 0 bridgehead atoms. The Hall–Kier alpha value is -2.32. The van der Waals surface area contributed by atoms with Crippen molar-refractivity contribution >= 4 is 23.9 Å². The first-order valence-electron chi connectivity index (χ1n) is 12.3. The second-order valence-corrected chi connectivity index (χ2v) is 11.5. The average Bonchev–Trinajstić information content (AvgIpc) is 3.50. The van der Waals surface area contributed by atoms with Gasteiger partial charge in [0.15, 0.2) is 0 Å². The van der Waals surface area contributed by atoms with Crippen molar-refractivity contribution in [3.05, 3.63) is 0 Å². The summed E-state index contributed by atoms with van der Waals surface area (Å²) < 4.78 is 5.58. The summed E-state index contributed by atoms with van der Waals surface area (Å²) in [7, 11) is 0. The van der Waals surface area contributed by atoms with E-state index in [1.165, 1.54) is 11.3 Å². The summed E-state index contributed by atoms with van der Waals surface area (Å²) in [5.74, 6) is -0.526. The summed E-state index contributed by atoms with van der Waals surface area (Å²) in [5.41, 5.74) is -1.82. The number of ether oxygens (including phenoxy) is 1. The Morgan fingerprint density at radius 2 is 1.82 bits per heavy atom. The summed E-state index contributed by atoms with van der Waals surface area (Å²) in [5, 5.41) is 15.1. The van der Waals surface area contributed by atoms with Crippen LogP contribution in [0.3, 0.4) is 0 Å². The van der Waals surface area contributed by atoms with Crippen molar-refractivity contribution in [2.24, 2.45) is 23.2 Å². The first-order valence-corrected chi connectivity index (χ1v) is 12.3. The van der Waals surface area contributed by atoms with Crippen LogP contribution in [0.15, 0.2) is 0 Å². The molecule has 9 heteroatoms. The number of alkyl carbamates (subject to hydrolysis) is 1. The molecule has 3 amide bonds. The Labute approximate surface area is 195 Å². The molecule has 9 nitrogen and oxygen atoms in total. The van der Waals surface area contributed by atoms with Gasteiger partial charge in [0.05, 0.1) is 0 Å². The van der Waals surface area contributed by atoms with E-state index in [9.17, 15) is 24.3 Å². The van der Waals surface area contributed by atoms with Gasteiger partial charge in [-0.2, -0.15) is 0 Å². The number of carboxylic acid groups (broad SMARTS) is 1. The van der Waals surface area contributed by atoms with Crippen LogP contribution in [0.25, 0.3) is 0 Å². The van der Waals surface area contributed by atoms with Crippen LogP contribution < -0.4 is 10.6 Å². The number of aliphatic carboxylic acids is 1. The van der Waals surface area contributed by atoms with Crippen LogP contribution in [0.4, 0.5) is 4.79 Å². The molecule has 3 N–H and O–H groups in total. The molecule has 3 aliphatic carbocycles. The number of carbonyl (C=O) groups excluding carboxylic acids is 3. The van der Waals surface area contributed by atoms with Crippen LogP contribution in [0.1, 0.15) is 72.6 Å². The van der Waals surface area contributed by atoms with Gasteiger partial charge in [-0.15, -0.1) is 0 Å². The predicted molar refractivity (Wildman–Crippen MR) is 119 cm³/mol. The minimum Gasteiger partial charge on any atom is -0.479 e. The van der Waals surface area contributed by atoms with E-state index in [1.807, 2.05) is 27.7 Å². The number of carbonyl (C=O) groups is 4. The zero-order valence-electron chi connectivity index (χ0n) is 20.1. The molecule has 0 spiro atoms. The van der Waals surface area contributed by atoms with Gasteiger partial charge in [0.25, 0.3) is 0 Å². The van der Waals surface area contributed by atoms with Crippen molar-refractivity contribution in [2.75, 3.05) is 6.54 Å². The van der Waals surface area contributed by atoms with E-state index in [2.05, 4.69) is 10.6 Å². The van der Waals surface area contributed by atoms with Gasteiger partial charge < -0.3 is 25.4 Å². The van der Waals surface area contributed by atoms with Crippen LogP contribution in [0, 0.1) is 23.2 Å². The molecule has 4 rings (SSSR count). The van der Waals surface area contributed by atoms with Crippen molar-refractivity contribution in [2.45, 2.75) is 96.4 Å². The Balaban J connectivity index is 1.41. The predicted octanol–water partition coefficient (Wildman–Crippen LogP) is 2.29. The smallest absolute Gasteiger partial charge is 0.408 e. The molecular formula is C24H37N3O6. The number of hydrogen-bond donors (Lipinski definition) is 3. The lowest BCUT2D eigenvalue weighted by Crippen LogP contribution is -2.59. The van der Waals surface area contributed by atoms with Crippen molar-refractivity contribution < 1.29 is 29.0 Å². The third-order valence-electron chi connectivity index (χ3n) is 8.01. The SMILES string of the molecule is CC[C@@H]1C[C@]1(NC(=O)[C@@H]1CCCN1C(=O)[C@@H](NC(=O)O[C@@H]1C[C@@H]2C[C@@H]2C1)C(C)(C)C)C(=O)O. The fraction of sp³-hybridized carbons (Fsp3) is 0.833. The van der Waals surface area contributed by atoms with E-state index in [-0.39, 0.29) is 17.9 Å². The Bertz CT molecular complexity index is 829. The minimum absolute atomic E-state index is 0.0907. The standard InChI is InChI=1S/C24H37N3O6/c1-5-15-12-24(15,21(30)31)26-19(28)17-7-6-8-27(17)20(29)18(23(2,3)4)25-22(32)33-16-10-13-9-14(13)11-16/h13-18H,5-12H2,1-4H3,(H,25,32)(H,26,28)(H,30,31)/t13-,14+,15-,16+,17+,18-,24-/m1/s1. The molecule has 0 unspecified atom stereocenters. The number of nitrogens with zero attached hydrogens (tertiary/aromatic N) is 1. The van der Waals surface area contributed by atoms with E-state index in [4.69, 9.17) is 4.74 Å². The molecule has 0 aromatic carbocycles. The fourth-order valence-electron chi connectivity index (χ4n) is 5.77. The summed E-state index contributed by atoms with van der Waals surface area (Å²) in [6.45, 7) is 7.88. The Morgan fingerprint density at radius 1 is 1.15 bits per heavy atom. The molecule has 1 aliphatic heterocycles. The number of nitrogens with one attached hydrogen (secondary N) is 2. The zero-order valence-corrected chi connectivity index (χ0v) is 20.1. The van der Waals surface area contributed by atoms with Crippen LogP contribution >= 0.6 is 0 Å². The highest BCUT2D eigenvalue weighted by atomic mass is 16.6. The topological polar surface area (TPSA) is 125 Å². The van der Waals surface area contributed by atoms with Crippen LogP contribution in [-0.2, 0) is 19.1 Å². The maximum absolute atomic E-state index is 13.5. The molecule has 4 aliphatic rings. The van der Waals surface area contributed by atoms with Crippen molar-refractivity contribution in [3.8, 4) is 0 Å². The highest BCUT2D eigenvalue weighted by molar-refractivity contribution is 5.96. The normalized spacial score (nSPS) is 35.4. The molecular weight excluding hydrogens is 426 g/mol. The maximum atomic E-state index is 13.5. The Morgan fingerprint density at radius 3 is 2.36 bits per heavy atom. The number of rotatable bonds is 7. The lowest BCUT2D eigenvalue weighted by Gasteiger charge is -2.35. The molecule has 4 fully saturated rings. The van der Waals surface area contributed by atoms with Crippen molar-refractivity contribution in [1.29, 1.82) is 0 Å². The Kier molecular flexibility index (Phi) is 6.12. The molecule has 33 heavy (non-hydrogen) atoms. The van der Waals surface area contributed by atoms with Crippen molar-refractivity contribution in [1.82, 2.24) is 15.5 Å².